The molecular formula is C59H108N4O9. The number of hydrogen-bond acceptors (Lipinski definition) is 10. The molecular weight excluding hydrogens is 909 g/mol. The van der Waals surface area contributed by atoms with Crippen LogP contribution < -0.4 is 5.32 Å². The molecule has 2 N–H and O–H groups in total. The standard InChI is InChI=1S/C59H108N4O9/c1-8-10-12-14-16-18-20-22-24-26-28-30-32-34-36-38-48-70-55(66)41-40-52(56(67)71-49-39-37-35-33-31-29-27-25-23-21-19-17-15-13-11-9-2)60-53(64)51-61-42-44-62(54(65)50-59(6,7)69)46-47-63(45-43-61)57(68)72-58(3,4)5/h22-25,52,69H,8-21,26-51H2,1-7H3,(H,60,64)/b24-22-,25-23-. The van der Waals surface area contributed by atoms with E-state index in [9.17, 15) is 29.1 Å². The van der Waals surface area contributed by atoms with Crippen molar-refractivity contribution in [3.05, 3.63) is 24.3 Å². The Labute approximate surface area is 439 Å². The summed E-state index contributed by atoms with van der Waals surface area (Å²) in [5, 5.41) is 13.2. The average molecular weight is 1020 g/mol. The molecule has 0 spiro atoms. The van der Waals surface area contributed by atoms with Crippen molar-refractivity contribution in [1.82, 2.24) is 20.0 Å². The first-order chi connectivity index (χ1) is 34.5. The Balaban J connectivity index is 2.72. The summed E-state index contributed by atoms with van der Waals surface area (Å²) in [6.45, 7) is 15.1. The van der Waals surface area contributed by atoms with Crippen LogP contribution in [0.25, 0.3) is 0 Å². The fourth-order valence-corrected chi connectivity index (χ4v) is 8.68. The Bertz CT molecular complexity index is 1430. The smallest absolute Gasteiger partial charge is 0.410 e. The lowest BCUT2D eigenvalue weighted by atomic mass is 10.0. The van der Waals surface area contributed by atoms with Crippen LogP contribution in [0, 0.1) is 0 Å². The van der Waals surface area contributed by atoms with E-state index in [1.54, 1.807) is 39.5 Å². The predicted molar refractivity (Wildman–Crippen MR) is 294 cm³/mol. The fourth-order valence-electron chi connectivity index (χ4n) is 8.68. The highest BCUT2D eigenvalue weighted by molar-refractivity contribution is 5.86. The van der Waals surface area contributed by atoms with Crippen molar-refractivity contribution in [2.75, 3.05) is 59.0 Å². The molecule has 0 aliphatic carbocycles. The summed E-state index contributed by atoms with van der Waals surface area (Å²) < 4.78 is 16.9. The maximum atomic E-state index is 13.7. The zero-order valence-electron chi connectivity index (χ0n) is 47.2. The second-order valence-corrected chi connectivity index (χ2v) is 22.0. The summed E-state index contributed by atoms with van der Waals surface area (Å²) in [5.41, 5.74) is -1.95. The number of ether oxygens (including phenoxy) is 3. The quantitative estimate of drug-likeness (QED) is 0.0262. The van der Waals surface area contributed by atoms with E-state index in [0.717, 1.165) is 57.8 Å². The van der Waals surface area contributed by atoms with E-state index in [4.69, 9.17) is 14.2 Å². The topological polar surface area (TPSA) is 155 Å². The Kier molecular flexibility index (Phi) is 39.6. The predicted octanol–water partition coefficient (Wildman–Crippen LogP) is 13.0. The molecule has 13 heteroatoms. The third kappa shape index (κ3) is 40.0. The van der Waals surface area contributed by atoms with Gasteiger partial charge in [-0.3, -0.25) is 19.3 Å². The van der Waals surface area contributed by atoms with E-state index in [0.29, 0.717) is 26.1 Å². The number of esters is 2. The molecule has 0 saturated carbocycles. The van der Waals surface area contributed by atoms with E-state index in [1.165, 1.54) is 120 Å². The van der Waals surface area contributed by atoms with Gasteiger partial charge < -0.3 is 34.4 Å². The number of aliphatic hydroxyl groups is 1. The van der Waals surface area contributed by atoms with Crippen molar-refractivity contribution >= 4 is 29.8 Å². The van der Waals surface area contributed by atoms with Gasteiger partial charge in [-0.05, 0) is 105 Å². The number of amides is 3. The van der Waals surface area contributed by atoms with Gasteiger partial charge in [0.15, 0.2) is 0 Å². The highest BCUT2D eigenvalue weighted by atomic mass is 16.6. The third-order valence-electron chi connectivity index (χ3n) is 13.0. The average Bonchev–Trinajstić information content (AvgIpc) is 3.42. The summed E-state index contributed by atoms with van der Waals surface area (Å²) in [6, 6.07) is -1.05. The zero-order chi connectivity index (χ0) is 53.1. The molecule has 1 saturated heterocycles. The normalized spacial score (nSPS) is 14.6. The van der Waals surface area contributed by atoms with Gasteiger partial charge in [-0.15, -0.1) is 0 Å². The second-order valence-electron chi connectivity index (χ2n) is 22.0. The van der Waals surface area contributed by atoms with Crippen LogP contribution in [0.5, 0.6) is 0 Å². The maximum Gasteiger partial charge on any atom is 0.410 e. The first-order valence-electron chi connectivity index (χ1n) is 29.2. The molecule has 1 atom stereocenters. The summed E-state index contributed by atoms with van der Waals surface area (Å²) in [7, 11) is 0. The number of rotatable bonds is 41. The number of hydrogen-bond donors (Lipinski definition) is 2. The Morgan fingerprint density at radius 1 is 0.542 bits per heavy atom. The second kappa shape index (κ2) is 42.9. The van der Waals surface area contributed by atoms with Gasteiger partial charge in [-0.25, -0.2) is 9.59 Å². The number of carbonyl (C=O) groups is 5. The summed E-state index contributed by atoms with van der Waals surface area (Å²) in [6.07, 6.45) is 41.9. The van der Waals surface area contributed by atoms with Crippen molar-refractivity contribution < 1.29 is 43.3 Å². The van der Waals surface area contributed by atoms with Gasteiger partial charge in [0.2, 0.25) is 11.8 Å². The Morgan fingerprint density at radius 3 is 1.40 bits per heavy atom. The van der Waals surface area contributed by atoms with Crippen LogP contribution >= 0.6 is 0 Å². The van der Waals surface area contributed by atoms with Gasteiger partial charge in [0, 0.05) is 45.7 Å². The van der Waals surface area contributed by atoms with Crippen molar-refractivity contribution in [2.45, 2.75) is 265 Å². The fraction of sp³-hybridized carbons (Fsp3) is 0.847. The first-order valence-corrected chi connectivity index (χ1v) is 29.2. The first kappa shape index (κ1) is 66.6. The Morgan fingerprint density at radius 2 is 0.944 bits per heavy atom. The number of unbranched alkanes of at least 4 members (excludes halogenated alkanes) is 24. The zero-order valence-corrected chi connectivity index (χ0v) is 47.2. The van der Waals surface area contributed by atoms with Gasteiger partial charge in [0.25, 0.3) is 0 Å². The minimum atomic E-state index is -1.22. The van der Waals surface area contributed by atoms with Crippen molar-refractivity contribution in [3.8, 4) is 0 Å². The largest absolute Gasteiger partial charge is 0.466 e. The van der Waals surface area contributed by atoms with E-state index >= 15 is 0 Å². The monoisotopic (exact) mass is 1020 g/mol. The summed E-state index contributed by atoms with van der Waals surface area (Å²) in [4.78, 5) is 71.7. The van der Waals surface area contributed by atoms with E-state index in [-0.39, 0.29) is 64.5 Å². The number of nitrogens with zero attached hydrogens (tertiary/aromatic N) is 3. The number of carbonyl (C=O) groups excluding carboxylic acids is 5. The molecule has 1 heterocycles. The minimum Gasteiger partial charge on any atom is -0.466 e. The van der Waals surface area contributed by atoms with E-state index in [2.05, 4.69) is 43.5 Å². The molecule has 418 valence electrons. The van der Waals surface area contributed by atoms with E-state index < -0.39 is 41.2 Å². The van der Waals surface area contributed by atoms with E-state index in [1.807, 2.05) is 4.90 Å². The Hall–Kier alpha value is -3.45. The number of allylic oxidation sites excluding steroid dienone is 4. The minimum absolute atomic E-state index is 0.0376. The lowest BCUT2D eigenvalue weighted by Gasteiger charge is -2.29. The highest BCUT2D eigenvalue weighted by Crippen LogP contribution is 2.16. The molecule has 0 bridgehead atoms. The van der Waals surface area contributed by atoms with Crippen LogP contribution in [0.2, 0.25) is 0 Å². The van der Waals surface area contributed by atoms with Crippen LogP contribution in [-0.4, -0.2) is 126 Å². The van der Waals surface area contributed by atoms with Crippen molar-refractivity contribution in [1.29, 1.82) is 0 Å². The van der Waals surface area contributed by atoms with Crippen molar-refractivity contribution in [2.24, 2.45) is 0 Å². The molecule has 1 unspecified atom stereocenters. The number of nitrogens with one attached hydrogen (secondary N) is 1. The van der Waals surface area contributed by atoms with Gasteiger partial charge in [-0.2, -0.15) is 0 Å². The molecule has 0 aromatic heterocycles. The molecule has 1 rings (SSSR count). The molecule has 13 nitrogen and oxygen atoms in total. The van der Waals surface area contributed by atoms with Crippen LogP contribution in [0.4, 0.5) is 4.79 Å². The molecule has 72 heavy (non-hydrogen) atoms. The van der Waals surface area contributed by atoms with Gasteiger partial charge >= 0.3 is 18.0 Å². The van der Waals surface area contributed by atoms with Gasteiger partial charge in [0.05, 0.1) is 31.8 Å². The molecule has 1 fully saturated rings. The van der Waals surface area contributed by atoms with Gasteiger partial charge in [-0.1, -0.05) is 154 Å². The molecule has 1 aliphatic heterocycles. The lowest BCUT2D eigenvalue weighted by molar-refractivity contribution is -0.149. The van der Waals surface area contributed by atoms with Gasteiger partial charge in [0.1, 0.15) is 11.6 Å². The molecule has 0 aromatic carbocycles. The molecule has 1 aliphatic rings. The third-order valence-corrected chi connectivity index (χ3v) is 13.0. The molecule has 0 radical (unpaired) electrons. The highest BCUT2D eigenvalue weighted by Gasteiger charge is 2.30. The van der Waals surface area contributed by atoms with Crippen LogP contribution in [0.3, 0.4) is 0 Å². The van der Waals surface area contributed by atoms with Crippen molar-refractivity contribution in [3.63, 3.8) is 0 Å². The SMILES string of the molecule is CCCCCCCC/C=C\CCCCCCCCOC(=O)CCC(NC(=O)CN1CCN(C(=O)CC(C)(C)O)CCN(C(=O)OC(C)(C)C)CC1)C(=O)OCCCCCCCC/C=C\CCCCCCCC. The summed E-state index contributed by atoms with van der Waals surface area (Å²) >= 11 is 0. The van der Waals surface area contributed by atoms with Crippen LogP contribution in [0.1, 0.15) is 248 Å². The van der Waals surface area contributed by atoms with Crippen LogP contribution in [0.15, 0.2) is 24.3 Å². The molecule has 0 aromatic rings. The molecule has 3 amide bonds. The summed E-state index contributed by atoms with van der Waals surface area (Å²) in [5.74, 6) is -1.70. The maximum absolute atomic E-state index is 13.7. The lowest BCUT2D eigenvalue weighted by Crippen LogP contribution is -2.48. The van der Waals surface area contributed by atoms with Crippen LogP contribution in [-0.2, 0) is 33.4 Å².